The molecule has 1 aromatic rings. The number of hydrogen-bond acceptors (Lipinski definition) is 1. The molecule has 1 nitrogen and oxygen atoms in total. The third kappa shape index (κ3) is 1.55. The topological polar surface area (TPSA) is 26.0 Å². The van der Waals surface area contributed by atoms with Gasteiger partial charge in [0.2, 0.25) is 0 Å². The molecule has 0 aromatic heterocycles. The van der Waals surface area contributed by atoms with Crippen molar-refractivity contribution >= 4 is 15.9 Å². The minimum Gasteiger partial charge on any atom is -0.324 e. The highest BCUT2D eigenvalue weighted by atomic mass is 79.9. The molecular formula is C13H16BrN. The van der Waals surface area contributed by atoms with Crippen molar-refractivity contribution in [1.29, 1.82) is 0 Å². The van der Waals surface area contributed by atoms with Gasteiger partial charge in [0.25, 0.3) is 0 Å². The fourth-order valence-electron chi connectivity index (χ4n) is 2.81. The molecule has 0 saturated heterocycles. The summed E-state index contributed by atoms with van der Waals surface area (Å²) < 4.78 is 1.15. The van der Waals surface area contributed by atoms with Crippen molar-refractivity contribution in [2.45, 2.75) is 37.1 Å². The van der Waals surface area contributed by atoms with E-state index in [1.807, 2.05) is 0 Å². The average molecular weight is 266 g/mol. The van der Waals surface area contributed by atoms with E-state index in [1.165, 1.54) is 31.2 Å². The first kappa shape index (κ1) is 9.86. The van der Waals surface area contributed by atoms with Crippen LogP contribution in [0.1, 0.15) is 37.2 Å². The van der Waals surface area contributed by atoms with Gasteiger partial charge >= 0.3 is 0 Å². The van der Waals surface area contributed by atoms with Crippen LogP contribution < -0.4 is 5.73 Å². The molecule has 2 heteroatoms. The number of nitrogens with two attached hydrogens (primary N) is 1. The van der Waals surface area contributed by atoms with Crippen LogP contribution in [-0.4, -0.2) is 5.54 Å². The van der Waals surface area contributed by atoms with Crippen LogP contribution in [0.3, 0.4) is 0 Å². The molecule has 0 amide bonds. The molecule has 15 heavy (non-hydrogen) atoms. The molecule has 2 saturated carbocycles. The quantitative estimate of drug-likeness (QED) is 0.871. The maximum atomic E-state index is 6.45. The highest BCUT2D eigenvalue weighted by Gasteiger charge is 2.57. The normalized spacial score (nSPS) is 34.9. The van der Waals surface area contributed by atoms with E-state index in [0.29, 0.717) is 5.92 Å². The molecule has 3 rings (SSSR count). The van der Waals surface area contributed by atoms with Crippen molar-refractivity contribution < 1.29 is 0 Å². The van der Waals surface area contributed by atoms with Crippen molar-refractivity contribution in [3.8, 4) is 0 Å². The summed E-state index contributed by atoms with van der Waals surface area (Å²) in [5, 5.41) is 0. The Balaban J connectivity index is 1.77. The van der Waals surface area contributed by atoms with Gasteiger partial charge in [0, 0.05) is 15.9 Å². The van der Waals surface area contributed by atoms with Gasteiger partial charge in [-0.05, 0) is 42.9 Å². The van der Waals surface area contributed by atoms with E-state index >= 15 is 0 Å². The lowest BCUT2D eigenvalue weighted by Crippen LogP contribution is -2.38. The number of rotatable bonds is 2. The Hall–Kier alpha value is -0.340. The van der Waals surface area contributed by atoms with Gasteiger partial charge in [0.1, 0.15) is 0 Å². The molecule has 0 radical (unpaired) electrons. The number of halogens is 1. The zero-order chi connectivity index (χ0) is 10.5. The minimum atomic E-state index is 0.145. The summed E-state index contributed by atoms with van der Waals surface area (Å²) in [6.45, 7) is 0. The summed E-state index contributed by atoms with van der Waals surface area (Å²) in [4.78, 5) is 0. The average Bonchev–Trinajstić information content (AvgIpc) is 2.76. The molecule has 80 valence electrons. The monoisotopic (exact) mass is 265 g/mol. The Morgan fingerprint density at radius 1 is 1.20 bits per heavy atom. The van der Waals surface area contributed by atoms with Gasteiger partial charge in [-0.25, -0.2) is 0 Å². The lowest BCUT2D eigenvalue weighted by Gasteiger charge is -2.32. The van der Waals surface area contributed by atoms with Crippen LogP contribution in [0, 0.1) is 5.92 Å². The third-order valence-corrected chi connectivity index (χ3v) is 4.71. The molecular weight excluding hydrogens is 250 g/mol. The van der Waals surface area contributed by atoms with E-state index < -0.39 is 0 Å². The van der Waals surface area contributed by atoms with Crippen molar-refractivity contribution in [2.24, 2.45) is 11.7 Å². The van der Waals surface area contributed by atoms with Crippen LogP contribution >= 0.6 is 15.9 Å². The fourth-order valence-corrected chi connectivity index (χ4v) is 3.08. The summed E-state index contributed by atoms with van der Waals surface area (Å²) in [5.74, 6) is 1.42. The second-order valence-corrected chi connectivity index (χ2v) is 5.96. The van der Waals surface area contributed by atoms with Crippen molar-refractivity contribution in [2.75, 3.05) is 0 Å². The molecule has 2 aliphatic rings. The van der Waals surface area contributed by atoms with Crippen LogP contribution in [0.5, 0.6) is 0 Å². The van der Waals surface area contributed by atoms with E-state index in [-0.39, 0.29) is 5.54 Å². The maximum absolute atomic E-state index is 6.45. The van der Waals surface area contributed by atoms with Gasteiger partial charge in [-0.2, -0.15) is 0 Å². The largest absolute Gasteiger partial charge is 0.324 e. The zero-order valence-corrected chi connectivity index (χ0v) is 10.3. The summed E-state index contributed by atoms with van der Waals surface area (Å²) >= 11 is 3.47. The number of hydrogen-bond donors (Lipinski definition) is 1. The van der Waals surface area contributed by atoms with E-state index in [4.69, 9.17) is 5.73 Å². The lowest BCUT2D eigenvalue weighted by atomic mass is 9.77. The van der Waals surface area contributed by atoms with Crippen molar-refractivity contribution in [3.63, 3.8) is 0 Å². The van der Waals surface area contributed by atoms with Crippen molar-refractivity contribution in [1.82, 2.24) is 0 Å². The molecule has 2 aliphatic carbocycles. The number of benzene rings is 1. The van der Waals surface area contributed by atoms with Gasteiger partial charge < -0.3 is 5.73 Å². The van der Waals surface area contributed by atoms with Crippen LogP contribution in [0.4, 0.5) is 0 Å². The summed E-state index contributed by atoms with van der Waals surface area (Å²) in [6.07, 6.45) is 5.28. The van der Waals surface area contributed by atoms with Crippen molar-refractivity contribution in [3.05, 3.63) is 34.3 Å². The molecule has 0 heterocycles. The summed E-state index contributed by atoms with van der Waals surface area (Å²) in [5.41, 5.74) is 8.02. The second-order valence-electron chi connectivity index (χ2n) is 5.05. The summed E-state index contributed by atoms with van der Waals surface area (Å²) in [7, 11) is 0. The van der Waals surface area contributed by atoms with Crippen LogP contribution in [0.25, 0.3) is 0 Å². The predicted molar refractivity (Wildman–Crippen MR) is 65.8 cm³/mol. The summed E-state index contributed by atoms with van der Waals surface area (Å²) in [6, 6.07) is 8.66. The molecule has 2 atom stereocenters. The molecule has 0 aliphatic heterocycles. The second kappa shape index (κ2) is 3.33. The Labute approximate surface area is 99.2 Å². The van der Waals surface area contributed by atoms with Gasteiger partial charge in [-0.3, -0.25) is 0 Å². The van der Waals surface area contributed by atoms with E-state index in [0.717, 1.165) is 10.4 Å². The van der Waals surface area contributed by atoms with Gasteiger partial charge in [0.15, 0.2) is 0 Å². The highest BCUT2D eigenvalue weighted by Crippen LogP contribution is 2.58. The molecule has 2 unspecified atom stereocenters. The first-order valence-corrected chi connectivity index (χ1v) is 6.54. The Morgan fingerprint density at radius 2 is 1.87 bits per heavy atom. The zero-order valence-electron chi connectivity index (χ0n) is 8.75. The Morgan fingerprint density at radius 3 is 2.40 bits per heavy atom. The van der Waals surface area contributed by atoms with E-state index in [1.54, 1.807) is 0 Å². The fraction of sp³-hybridized carbons (Fsp3) is 0.538. The smallest absolute Gasteiger partial charge is 0.0259 e. The Kier molecular flexibility index (Phi) is 2.18. The molecule has 1 aromatic carbocycles. The molecule has 0 spiro atoms. The predicted octanol–water partition coefficient (Wildman–Crippen LogP) is 3.43. The molecule has 0 bridgehead atoms. The first-order valence-electron chi connectivity index (χ1n) is 5.74. The SMILES string of the molecule is NC1(C2CCC2)CC1c1ccc(Br)cc1. The minimum absolute atomic E-state index is 0.145. The van der Waals surface area contributed by atoms with Crippen LogP contribution in [0.15, 0.2) is 28.7 Å². The lowest BCUT2D eigenvalue weighted by molar-refractivity contribution is 0.242. The van der Waals surface area contributed by atoms with E-state index in [9.17, 15) is 0 Å². The third-order valence-electron chi connectivity index (χ3n) is 4.18. The van der Waals surface area contributed by atoms with Gasteiger partial charge in [-0.1, -0.05) is 34.5 Å². The van der Waals surface area contributed by atoms with Crippen LogP contribution in [-0.2, 0) is 0 Å². The maximum Gasteiger partial charge on any atom is 0.0259 e. The van der Waals surface area contributed by atoms with Crippen LogP contribution in [0.2, 0.25) is 0 Å². The van der Waals surface area contributed by atoms with Gasteiger partial charge in [0.05, 0.1) is 0 Å². The standard InChI is InChI=1S/C13H16BrN/c14-11-6-4-9(5-7-11)12-8-13(12,15)10-2-1-3-10/h4-7,10,12H,1-3,8,15H2. The van der Waals surface area contributed by atoms with E-state index in [2.05, 4.69) is 40.2 Å². The first-order chi connectivity index (χ1) is 7.20. The Bertz CT molecular complexity index is 369. The molecule has 2 fully saturated rings. The molecule has 2 N–H and O–H groups in total. The van der Waals surface area contributed by atoms with Gasteiger partial charge in [-0.15, -0.1) is 0 Å². The highest BCUT2D eigenvalue weighted by molar-refractivity contribution is 9.10.